The van der Waals surface area contributed by atoms with Gasteiger partial charge in [-0.3, -0.25) is 0 Å². The Bertz CT molecular complexity index is 527. The van der Waals surface area contributed by atoms with Crippen LogP contribution in [0.2, 0.25) is 0 Å². The summed E-state index contributed by atoms with van der Waals surface area (Å²) in [5.41, 5.74) is 0. The molecule has 0 saturated carbocycles. The van der Waals surface area contributed by atoms with Crippen LogP contribution >= 0.6 is 0 Å². The van der Waals surface area contributed by atoms with E-state index in [0.29, 0.717) is 5.41 Å². The van der Waals surface area contributed by atoms with Crippen molar-refractivity contribution in [2.75, 3.05) is 6.61 Å². The van der Waals surface area contributed by atoms with E-state index < -0.39 is 21.6 Å². The van der Waals surface area contributed by atoms with Crippen molar-refractivity contribution in [2.24, 2.45) is 0 Å². The molecule has 18 heavy (non-hydrogen) atoms. The Hall–Kier alpha value is -0.820. The van der Waals surface area contributed by atoms with Gasteiger partial charge in [-0.05, 0) is 19.1 Å². The van der Waals surface area contributed by atoms with Crippen molar-refractivity contribution < 1.29 is 54.0 Å². The van der Waals surface area contributed by atoms with E-state index in [2.05, 4.69) is 4.74 Å². The monoisotopic (exact) mass is 280 g/mol. The van der Waals surface area contributed by atoms with Gasteiger partial charge in [-0.25, -0.2) is 13.2 Å². The van der Waals surface area contributed by atoms with E-state index in [1.165, 1.54) is 12.1 Å². The molecule has 0 aromatic heterocycles. The number of aliphatic hydroxyl groups is 1. The van der Waals surface area contributed by atoms with Crippen LogP contribution in [0.25, 0.3) is 0 Å². The van der Waals surface area contributed by atoms with Gasteiger partial charge >= 0.3 is 35.5 Å². The number of ether oxygens (including phenoxy) is 1. The van der Waals surface area contributed by atoms with Crippen molar-refractivity contribution in [1.29, 1.82) is 0 Å². The van der Waals surface area contributed by atoms with Crippen LogP contribution in [0.4, 0.5) is 0 Å². The fraction of sp³-hybridized carbons (Fsp3) is 0.182. The molecule has 0 aliphatic rings. The smallest absolute Gasteiger partial charge is 1.00 e. The quantitative estimate of drug-likeness (QED) is 0.315. The van der Waals surface area contributed by atoms with Crippen molar-refractivity contribution in [3.8, 4) is 0 Å². The maximum Gasteiger partial charge on any atom is 1.00 e. The van der Waals surface area contributed by atoms with Gasteiger partial charge in [0.25, 0.3) is 0 Å². The van der Waals surface area contributed by atoms with Gasteiger partial charge < -0.3 is 11.3 Å². The Morgan fingerprint density at radius 3 is 2.44 bits per heavy atom. The molecule has 7 heteroatoms. The predicted molar refractivity (Wildman–Crippen MR) is 62.1 cm³/mol. The first kappa shape index (κ1) is 17.2. The second-order valence-electron chi connectivity index (χ2n) is 3.08. The third-order valence-electron chi connectivity index (χ3n) is 1.82. The minimum absolute atomic E-state index is 0. The van der Waals surface area contributed by atoms with Gasteiger partial charge in [-0.1, -0.05) is 18.2 Å². The van der Waals surface area contributed by atoms with Crippen molar-refractivity contribution in [3.63, 3.8) is 0 Å². The van der Waals surface area contributed by atoms with E-state index in [0.717, 1.165) is 0 Å². The zero-order valence-electron chi connectivity index (χ0n) is 11.2. The van der Waals surface area contributed by atoms with Crippen LogP contribution in [0.1, 0.15) is 8.35 Å². The van der Waals surface area contributed by atoms with Crippen molar-refractivity contribution >= 4 is 15.8 Å². The molecule has 1 rings (SSSR count). The van der Waals surface area contributed by atoms with Crippen LogP contribution in [-0.4, -0.2) is 26.1 Å². The zero-order chi connectivity index (χ0) is 12.9. The first-order chi connectivity index (χ1) is 7.97. The van der Waals surface area contributed by atoms with E-state index >= 15 is 0 Å². The summed E-state index contributed by atoms with van der Waals surface area (Å²) in [6.45, 7) is 1.61. The molecule has 5 nitrogen and oxygen atoms in total. The second-order valence-corrected chi connectivity index (χ2v) is 4.88. The van der Waals surface area contributed by atoms with Gasteiger partial charge in [-0.2, -0.15) is 0 Å². The Morgan fingerprint density at radius 1 is 1.39 bits per heavy atom. The topological polar surface area (TPSA) is 80.7 Å². The first-order valence-electron chi connectivity index (χ1n) is 4.85. The molecule has 0 aliphatic carbocycles. The zero-order valence-corrected chi connectivity index (χ0v) is 13.0. The first-order valence-corrected chi connectivity index (χ1v) is 6.40. The molecular formula is C11H13NaO5S. The third-order valence-corrected chi connectivity index (χ3v) is 3.29. The van der Waals surface area contributed by atoms with Crippen LogP contribution in [0.15, 0.2) is 46.4 Å². The average Bonchev–Trinajstić information content (AvgIpc) is 2.30. The summed E-state index contributed by atoms with van der Waals surface area (Å²) in [5.74, 6) is -2.00. The van der Waals surface area contributed by atoms with Gasteiger partial charge in [0.1, 0.15) is 0 Å². The largest absolute Gasteiger partial charge is 1.00 e. The van der Waals surface area contributed by atoms with Gasteiger partial charge in [-0.15, -0.1) is 0 Å². The molecule has 94 valence electrons. The Balaban J connectivity index is 0. The minimum atomic E-state index is -3.84. The summed E-state index contributed by atoms with van der Waals surface area (Å²) >= 11 is 0. The number of aliphatic hydroxyl groups excluding tert-OH is 1. The second kappa shape index (κ2) is 7.58. The molecule has 0 heterocycles. The summed E-state index contributed by atoms with van der Waals surface area (Å²) in [6.07, 6.45) is 0. The molecule has 0 aliphatic heterocycles. The van der Waals surface area contributed by atoms with Crippen molar-refractivity contribution in [3.05, 3.63) is 41.5 Å². The molecule has 0 saturated heterocycles. The number of carbonyl (C=O) groups is 1. The molecule has 0 amide bonds. The minimum Gasteiger partial charge on any atom is -1.00 e. The number of hydrogen-bond donors (Lipinski definition) is 1. The predicted octanol–water partition coefficient (Wildman–Crippen LogP) is -1.46. The molecule has 0 spiro atoms. The SMILES string of the molecule is CCOC(=O)C(O)=CS(=O)(=O)c1ccccc1.[H-].[Na+]. The van der Waals surface area contributed by atoms with Gasteiger partial charge in [0.15, 0.2) is 0 Å². The standard InChI is InChI=1S/C11H12O5S.Na.H/c1-2-16-11(13)10(12)8-17(14,15)9-6-4-3-5-7-9;;/h3-8,12H,2H2,1H3;;/q;+1;-1. The molecule has 0 bridgehead atoms. The number of rotatable bonds is 4. The third kappa shape index (κ3) is 4.81. The number of carbonyl (C=O) groups excluding carboxylic acids is 1. The van der Waals surface area contributed by atoms with Crippen molar-refractivity contribution in [1.82, 2.24) is 0 Å². The molecule has 0 radical (unpaired) electrons. The normalized spacial score (nSPS) is 11.5. The summed E-state index contributed by atoms with van der Waals surface area (Å²) in [4.78, 5) is 11.0. The summed E-state index contributed by atoms with van der Waals surface area (Å²) in [5, 5.41) is 9.74. The Kier molecular flexibility index (Phi) is 7.23. The van der Waals surface area contributed by atoms with E-state index in [4.69, 9.17) is 0 Å². The Labute approximate surface area is 129 Å². The molecular weight excluding hydrogens is 267 g/mol. The number of esters is 1. The van der Waals surface area contributed by atoms with Crippen LogP contribution in [0.5, 0.6) is 0 Å². The van der Waals surface area contributed by atoms with Crippen molar-refractivity contribution in [2.45, 2.75) is 11.8 Å². The molecule has 0 fully saturated rings. The van der Waals surface area contributed by atoms with E-state index in [9.17, 15) is 18.3 Å². The van der Waals surface area contributed by atoms with E-state index in [-0.39, 0.29) is 42.5 Å². The molecule has 1 N–H and O–H groups in total. The fourth-order valence-corrected chi connectivity index (χ4v) is 2.14. The number of benzene rings is 1. The average molecular weight is 280 g/mol. The summed E-state index contributed by atoms with van der Waals surface area (Å²) in [7, 11) is -3.84. The van der Waals surface area contributed by atoms with Gasteiger partial charge in [0.2, 0.25) is 15.6 Å². The molecule has 1 aromatic carbocycles. The van der Waals surface area contributed by atoms with Crippen LogP contribution < -0.4 is 29.6 Å². The van der Waals surface area contributed by atoms with Gasteiger partial charge in [0, 0.05) is 0 Å². The molecule has 1 aromatic rings. The maximum absolute atomic E-state index is 11.7. The van der Waals surface area contributed by atoms with Crippen LogP contribution in [0, 0.1) is 0 Å². The summed E-state index contributed by atoms with van der Waals surface area (Å²) in [6, 6.07) is 7.48. The number of sulfone groups is 1. The van der Waals surface area contributed by atoms with E-state index in [1.54, 1.807) is 25.1 Å². The summed E-state index contributed by atoms with van der Waals surface area (Å²) < 4.78 is 27.9. The number of hydrogen-bond acceptors (Lipinski definition) is 5. The molecule has 0 unspecified atom stereocenters. The fourth-order valence-electron chi connectivity index (χ4n) is 1.08. The maximum atomic E-state index is 11.7. The van der Waals surface area contributed by atoms with Gasteiger partial charge in [0.05, 0.1) is 16.9 Å². The van der Waals surface area contributed by atoms with Crippen LogP contribution in [-0.2, 0) is 19.4 Å². The van der Waals surface area contributed by atoms with Crippen LogP contribution in [0.3, 0.4) is 0 Å². The molecule has 0 atom stereocenters. The van der Waals surface area contributed by atoms with E-state index in [1.807, 2.05) is 0 Å². The Morgan fingerprint density at radius 2 is 1.94 bits per heavy atom.